The molecule has 0 aliphatic carbocycles. The van der Waals surface area contributed by atoms with E-state index in [1.165, 1.54) is 0 Å². The minimum Gasteiger partial charge on any atom is -0.350 e. The van der Waals surface area contributed by atoms with Crippen LogP contribution in [0.15, 0.2) is 84.2 Å². The number of aromatic nitrogens is 1. The van der Waals surface area contributed by atoms with Gasteiger partial charge in [0.05, 0.1) is 12.2 Å². The Morgan fingerprint density at radius 3 is 2.17 bits per heavy atom. The van der Waals surface area contributed by atoms with E-state index in [0.717, 1.165) is 33.0 Å². The van der Waals surface area contributed by atoms with Crippen LogP contribution in [0.3, 0.4) is 0 Å². The lowest BCUT2D eigenvalue weighted by atomic mass is 9.87. The first-order chi connectivity index (χ1) is 16.8. The van der Waals surface area contributed by atoms with Crippen molar-refractivity contribution in [1.29, 1.82) is 0 Å². The molecule has 0 aliphatic heterocycles. The summed E-state index contributed by atoms with van der Waals surface area (Å²) in [6.07, 6.45) is 0. The molecule has 5 nitrogen and oxygen atoms in total. The van der Waals surface area contributed by atoms with Crippen molar-refractivity contribution in [3.05, 3.63) is 101 Å². The molecule has 2 N–H and O–H groups in total. The fraction of sp³-hybridized carbons (Fsp3) is 0.207. The van der Waals surface area contributed by atoms with E-state index in [9.17, 15) is 9.59 Å². The number of benzene rings is 3. The maximum Gasteiger partial charge on any atom is 0.251 e. The molecule has 0 unspecified atom stereocenters. The summed E-state index contributed by atoms with van der Waals surface area (Å²) in [5, 5.41) is 8.55. The van der Waals surface area contributed by atoms with Crippen molar-refractivity contribution in [3.63, 3.8) is 0 Å². The molecule has 6 heteroatoms. The molecule has 0 atom stereocenters. The maximum absolute atomic E-state index is 12.4. The van der Waals surface area contributed by atoms with Gasteiger partial charge in [0, 0.05) is 28.6 Å². The second-order valence-electron chi connectivity index (χ2n) is 9.39. The van der Waals surface area contributed by atoms with Crippen molar-refractivity contribution in [3.8, 4) is 21.8 Å². The number of nitrogens with one attached hydrogen (secondary N) is 2. The van der Waals surface area contributed by atoms with Crippen LogP contribution in [-0.4, -0.2) is 23.3 Å². The second-order valence-corrected chi connectivity index (χ2v) is 10.2. The summed E-state index contributed by atoms with van der Waals surface area (Å²) in [6.45, 7) is 6.70. The van der Waals surface area contributed by atoms with Gasteiger partial charge in [-0.25, -0.2) is 4.98 Å². The fourth-order valence-corrected chi connectivity index (χ4v) is 4.40. The minimum atomic E-state index is -0.261. The minimum absolute atomic E-state index is 0.0263. The molecule has 0 fully saturated rings. The number of carbonyl (C=O) groups is 2. The lowest BCUT2D eigenvalue weighted by Crippen LogP contribution is -2.36. The third-order valence-electron chi connectivity index (χ3n) is 5.69. The van der Waals surface area contributed by atoms with E-state index in [1.807, 2.05) is 54.6 Å². The number of amides is 2. The molecule has 2 amide bonds. The Labute approximate surface area is 210 Å². The Morgan fingerprint density at radius 1 is 0.829 bits per heavy atom. The Hall–Kier alpha value is -3.77. The largest absolute Gasteiger partial charge is 0.350 e. The zero-order valence-corrected chi connectivity index (χ0v) is 21.0. The van der Waals surface area contributed by atoms with Gasteiger partial charge in [-0.15, -0.1) is 11.3 Å². The first-order valence-electron chi connectivity index (χ1n) is 11.6. The average Bonchev–Trinajstić information content (AvgIpc) is 3.37. The van der Waals surface area contributed by atoms with Gasteiger partial charge >= 0.3 is 0 Å². The normalized spacial score (nSPS) is 11.2. The van der Waals surface area contributed by atoms with Crippen LogP contribution in [0.4, 0.5) is 0 Å². The average molecular weight is 484 g/mol. The van der Waals surface area contributed by atoms with Gasteiger partial charge in [-0.1, -0.05) is 87.5 Å². The molecular formula is C29H29N3O2S. The topological polar surface area (TPSA) is 71.1 Å². The Kier molecular flexibility index (Phi) is 7.42. The molecule has 0 spiro atoms. The Balaban J connectivity index is 1.26. The molecule has 3 aromatic carbocycles. The number of nitrogens with zero attached hydrogens (tertiary/aromatic N) is 1. The van der Waals surface area contributed by atoms with Crippen molar-refractivity contribution < 1.29 is 9.59 Å². The van der Waals surface area contributed by atoms with Crippen molar-refractivity contribution in [2.24, 2.45) is 0 Å². The van der Waals surface area contributed by atoms with Crippen LogP contribution in [0, 0.1) is 0 Å². The van der Waals surface area contributed by atoms with Crippen LogP contribution in [-0.2, 0) is 16.8 Å². The Morgan fingerprint density at radius 2 is 1.51 bits per heavy atom. The van der Waals surface area contributed by atoms with Crippen molar-refractivity contribution in [1.82, 2.24) is 15.6 Å². The van der Waals surface area contributed by atoms with Crippen molar-refractivity contribution in [2.75, 3.05) is 6.54 Å². The highest BCUT2D eigenvalue weighted by atomic mass is 32.1. The standard InChI is InChI=1S/C29H29N3O2S/c1-29(2,3)24-15-13-22(14-16-24)27(34)31-18-26(33)30-17-20-9-11-23(12-10-20)28-32-25(19-35-28)21-7-5-4-6-8-21/h4-16,19H,17-18H2,1-3H3,(H,30,33)(H,31,34). The zero-order valence-electron chi connectivity index (χ0n) is 20.2. The lowest BCUT2D eigenvalue weighted by Gasteiger charge is -2.19. The van der Waals surface area contributed by atoms with Crippen LogP contribution in [0.25, 0.3) is 21.8 Å². The summed E-state index contributed by atoms with van der Waals surface area (Å²) >= 11 is 1.61. The highest BCUT2D eigenvalue weighted by molar-refractivity contribution is 7.13. The van der Waals surface area contributed by atoms with E-state index in [2.05, 4.69) is 48.9 Å². The van der Waals surface area contributed by atoms with E-state index in [0.29, 0.717) is 12.1 Å². The van der Waals surface area contributed by atoms with Crippen LogP contribution < -0.4 is 10.6 Å². The number of hydrogen-bond donors (Lipinski definition) is 2. The lowest BCUT2D eigenvalue weighted by molar-refractivity contribution is -0.120. The number of thiazole rings is 1. The van der Waals surface area contributed by atoms with E-state index in [1.54, 1.807) is 23.5 Å². The fourth-order valence-electron chi connectivity index (χ4n) is 3.56. The maximum atomic E-state index is 12.4. The molecule has 4 rings (SSSR count). The van der Waals surface area contributed by atoms with Gasteiger partial charge in [-0.05, 0) is 28.7 Å². The molecule has 0 saturated carbocycles. The summed E-state index contributed by atoms with van der Waals surface area (Å²) in [4.78, 5) is 29.3. The molecule has 0 bridgehead atoms. The first-order valence-corrected chi connectivity index (χ1v) is 12.4. The summed E-state index contributed by atoms with van der Waals surface area (Å²) in [6, 6.07) is 25.6. The molecule has 0 aliphatic rings. The smallest absolute Gasteiger partial charge is 0.251 e. The molecule has 35 heavy (non-hydrogen) atoms. The van der Waals surface area contributed by atoms with E-state index in [-0.39, 0.29) is 23.8 Å². The second kappa shape index (κ2) is 10.7. The molecule has 0 saturated heterocycles. The quantitative estimate of drug-likeness (QED) is 0.348. The number of hydrogen-bond acceptors (Lipinski definition) is 4. The van der Waals surface area contributed by atoms with E-state index in [4.69, 9.17) is 4.98 Å². The SMILES string of the molecule is CC(C)(C)c1ccc(C(=O)NCC(=O)NCc2ccc(-c3nc(-c4ccccc4)cs3)cc2)cc1. The van der Waals surface area contributed by atoms with Crippen LogP contribution in [0.2, 0.25) is 0 Å². The van der Waals surface area contributed by atoms with Gasteiger partial charge in [0.25, 0.3) is 5.91 Å². The molecule has 0 radical (unpaired) electrons. The van der Waals surface area contributed by atoms with Gasteiger partial charge in [0.15, 0.2) is 0 Å². The molecule has 1 heterocycles. The van der Waals surface area contributed by atoms with Crippen molar-refractivity contribution >= 4 is 23.2 Å². The van der Waals surface area contributed by atoms with E-state index >= 15 is 0 Å². The molecule has 1 aromatic heterocycles. The van der Waals surface area contributed by atoms with Gasteiger partial charge in [0.1, 0.15) is 5.01 Å². The van der Waals surface area contributed by atoms with Crippen molar-refractivity contribution in [2.45, 2.75) is 32.7 Å². The summed E-state index contributed by atoms with van der Waals surface area (Å²) in [7, 11) is 0. The predicted molar refractivity (Wildman–Crippen MR) is 142 cm³/mol. The summed E-state index contributed by atoms with van der Waals surface area (Å²) in [5.74, 6) is -0.496. The predicted octanol–water partition coefficient (Wildman–Crippen LogP) is 5.82. The summed E-state index contributed by atoms with van der Waals surface area (Å²) in [5.41, 5.74) is 5.81. The highest BCUT2D eigenvalue weighted by Gasteiger charge is 2.14. The third-order valence-corrected chi connectivity index (χ3v) is 6.58. The molecule has 4 aromatic rings. The highest BCUT2D eigenvalue weighted by Crippen LogP contribution is 2.29. The van der Waals surface area contributed by atoms with Crippen LogP contribution in [0.5, 0.6) is 0 Å². The van der Waals surface area contributed by atoms with Gasteiger partial charge < -0.3 is 10.6 Å². The van der Waals surface area contributed by atoms with Crippen LogP contribution in [0.1, 0.15) is 42.3 Å². The molecular weight excluding hydrogens is 454 g/mol. The van der Waals surface area contributed by atoms with Gasteiger partial charge in [-0.2, -0.15) is 0 Å². The van der Waals surface area contributed by atoms with E-state index < -0.39 is 0 Å². The molecule has 178 valence electrons. The van der Waals surface area contributed by atoms with Crippen LogP contribution >= 0.6 is 11.3 Å². The third kappa shape index (κ3) is 6.43. The zero-order chi connectivity index (χ0) is 24.8. The Bertz CT molecular complexity index is 1290. The number of rotatable bonds is 7. The van der Waals surface area contributed by atoms with Gasteiger partial charge in [0.2, 0.25) is 5.91 Å². The monoisotopic (exact) mass is 483 g/mol. The number of carbonyl (C=O) groups excluding carboxylic acids is 2. The van der Waals surface area contributed by atoms with Gasteiger partial charge in [-0.3, -0.25) is 9.59 Å². The first kappa shape index (κ1) is 24.4. The summed E-state index contributed by atoms with van der Waals surface area (Å²) < 4.78 is 0.